The molecular weight excluding hydrogens is 120 g/mol. The number of unbranched alkanes of at least 4 members (excludes halogenated alkanes) is 2. The third kappa shape index (κ3) is 7.26. The molecular formula is C10H16. The molecule has 0 aliphatic heterocycles. The molecule has 0 saturated heterocycles. The molecule has 0 rings (SSSR count). The summed E-state index contributed by atoms with van der Waals surface area (Å²) in [5, 5.41) is 0. The third-order valence-corrected chi connectivity index (χ3v) is 1.27. The first-order valence-electron chi connectivity index (χ1n) is 3.91. The van der Waals surface area contributed by atoms with Gasteiger partial charge in [-0.1, -0.05) is 25.7 Å². The van der Waals surface area contributed by atoms with E-state index in [1.807, 2.05) is 6.08 Å². The number of allylic oxidation sites excluding steroid dienone is 3. The minimum Gasteiger partial charge on any atom is -0.133 e. The molecule has 0 atom stereocenters. The van der Waals surface area contributed by atoms with Gasteiger partial charge in [0.05, 0.1) is 0 Å². The van der Waals surface area contributed by atoms with Crippen LogP contribution in [0, 0.1) is 0 Å². The van der Waals surface area contributed by atoms with Gasteiger partial charge in [0.1, 0.15) is 0 Å². The Morgan fingerprint density at radius 2 is 2.10 bits per heavy atom. The van der Waals surface area contributed by atoms with E-state index < -0.39 is 0 Å². The molecule has 0 heterocycles. The van der Waals surface area contributed by atoms with Gasteiger partial charge in [-0.15, -0.1) is 5.73 Å². The highest BCUT2D eigenvalue weighted by atomic mass is 13.8. The minimum atomic E-state index is 1.11. The van der Waals surface area contributed by atoms with Gasteiger partial charge in [0, 0.05) is 0 Å². The summed E-state index contributed by atoms with van der Waals surface area (Å²) in [6.07, 6.45) is 11.1. The van der Waals surface area contributed by atoms with Gasteiger partial charge < -0.3 is 0 Å². The summed E-state index contributed by atoms with van der Waals surface area (Å²) in [6, 6.07) is 0. The molecule has 0 amide bonds. The molecule has 0 radical (unpaired) electrons. The first-order chi connectivity index (χ1) is 4.91. The van der Waals surface area contributed by atoms with Crippen molar-refractivity contribution in [3.63, 3.8) is 0 Å². The molecule has 0 aromatic heterocycles. The summed E-state index contributed by atoms with van der Waals surface area (Å²) in [6.45, 7) is 5.65. The van der Waals surface area contributed by atoms with E-state index >= 15 is 0 Å². The predicted molar refractivity (Wildman–Crippen MR) is 47.0 cm³/mol. The summed E-state index contributed by atoms with van der Waals surface area (Å²) in [7, 11) is 0. The van der Waals surface area contributed by atoms with Gasteiger partial charge in [-0.05, 0) is 31.8 Å². The van der Waals surface area contributed by atoms with E-state index in [4.69, 9.17) is 0 Å². The fourth-order valence-corrected chi connectivity index (χ4v) is 0.724. The predicted octanol–water partition coefficient (Wildman–Crippen LogP) is 3.46. The quantitative estimate of drug-likeness (QED) is 0.308. The van der Waals surface area contributed by atoms with E-state index in [9.17, 15) is 0 Å². The maximum Gasteiger partial charge on any atom is -0.0272 e. The van der Waals surface area contributed by atoms with Crippen LogP contribution in [-0.2, 0) is 0 Å². The summed E-state index contributed by atoms with van der Waals surface area (Å²) < 4.78 is 0. The second-order valence-electron chi connectivity index (χ2n) is 2.22. The SMILES string of the molecule is C=C=CCCC/C=C/CC. The maximum absolute atomic E-state index is 3.50. The zero-order valence-electron chi connectivity index (χ0n) is 6.77. The van der Waals surface area contributed by atoms with Crippen molar-refractivity contribution in [2.24, 2.45) is 0 Å². The molecule has 0 unspecified atom stereocenters. The highest BCUT2D eigenvalue weighted by molar-refractivity contribution is 4.82. The van der Waals surface area contributed by atoms with Crippen LogP contribution in [-0.4, -0.2) is 0 Å². The first-order valence-corrected chi connectivity index (χ1v) is 3.91. The van der Waals surface area contributed by atoms with E-state index in [2.05, 4.69) is 31.4 Å². The van der Waals surface area contributed by atoms with Crippen LogP contribution in [0.1, 0.15) is 32.6 Å². The lowest BCUT2D eigenvalue weighted by Crippen LogP contribution is -1.67. The van der Waals surface area contributed by atoms with Crippen LogP contribution in [0.15, 0.2) is 30.5 Å². The molecule has 0 aromatic carbocycles. The molecule has 0 aliphatic rings. The monoisotopic (exact) mass is 136 g/mol. The number of hydrogen-bond acceptors (Lipinski definition) is 0. The van der Waals surface area contributed by atoms with Crippen LogP contribution in [0.3, 0.4) is 0 Å². The normalized spacial score (nSPS) is 9.70. The van der Waals surface area contributed by atoms with Crippen molar-refractivity contribution in [1.82, 2.24) is 0 Å². The van der Waals surface area contributed by atoms with Gasteiger partial charge in [0.2, 0.25) is 0 Å². The Morgan fingerprint density at radius 1 is 1.30 bits per heavy atom. The molecule has 0 spiro atoms. The molecule has 0 heteroatoms. The van der Waals surface area contributed by atoms with E-state index in [0.29, 0.717) is 0 Å². The molecule has 56 valence electrons. The van der Waals surface area contributed by atoms with Gasteiger partial charge in [0.25, 0.3) is 0 Å². The summed E-state index contributed by atoms with van der Waals surface area (Å²) >= 11 is 0. The highest BCUT2D eigenvalue weighted by Gasteiger charge is 1.77. The molecule has 0 nitrogen and oxygen atoms in total. The van der Waals surface area contributed by atoms with Gasteiger partial charge in [-0.3, -0.25) is 0 Å². The van der Waals surface area contributed by atoms with Gasteiger partial charge in [-0.2, -0.15) is 0 Å². The van der Waals surface area contributed by atoms with Crippen LogP contribution in [0.25, 0.3) is 0 Å². The van der Waals surface area contributed by atoms with Crippen LogP contribution in [0.4, 0.5) is 0 Å². The van der Waals surface area contributed by atoms with Crippen molar-refractivity contribution in [3.8, 4) is 0 Å². The van der Waals surface area contributed by atoms with E-state index in [-0.39, 0.29) is 0 Å². The minimum absolute atomic E-state index is 1.11. The van der Waals surface area contributed by atoms with Gasteiger partial charge in [0.15, 0.2) is 0 Å². The number of hydrogen-bond donors (Lipinski definition) is 0. The summed E-state index contributed by atoms with van der Waals surface area (Å²) in [5.41, 5.74) is 2.76. The van der Waals surface area contributed by atoms with Gasteiger partial charge in [-0.25, -0.2) is 0 Å². The molecule has 0 aromatic rings. The van der Waals surface area contributed by atoms with Gasteiger partial charge >= 0.3 is 0 Å². The van der Waals surface area contributed by atoms with E-state index in [1.54, 1.807) is 0 Å². The second-order valence-corrected chi connectivity index (χ2v) is 2.22. The van der Waals surface area contributed by atoms with Crippen LogP contribution < -0.4 is 0 Å². The Morgan fingerprint density at radius 3 is 2.70 bits per heavy atom. The summed E-state index contributed by atoms with van der Waals surface area (Å²) in [5.74, 6) is 0. The maximum atomic E-state index is 3.50. The largest absolute Gasteiger partial charge is 0.133 e. The van der Waals surface area contributed by atoms with Crippen molar-refractivity contribution in [2.75, 3.05) is 0 Å². The fraction of sp³-hybridized carbons (Fsp3) is 0.500. The first kappa shape index (κ1) is 9.26. The second kappa shape index (κ2) is 8.26. The molecule has 0 fully saturated rings. The van der Waals surface area contributed by atoms with Crippen molar-refractivity contribution in [1.29, 1.82) is 0 Å². The van der Waals surface area contributed by atoms with Crippen molar-refractivity contribution >= 4 is 0 Å². The molecule has 0 saturated carbocycles. The lowest BCUT2D eigenvalue weighted by Gasteiger charge is -1.86. The lowest BCUT2D eigenvalue weighted by molar-refractivity contribution is 0.866. The Labute approximate surface area is 64.0 Å². The van der Waals surface area contributed by atoms with E-state index in [0.717, 1.165) is 12.8 Å². The Hall–Kier alpha value is -0.740. The summed E-state index contributed by atoms with van der Waals surface area (Å²) in [4.78, 5) is 0. The van der Waals surface area contributed by atoms with Crippen molar-refractivity contribution in [2.45, 2.75) is 32.6 Å². The fourth-order valence-electron chi connectivity index (χ4n) is 0.724. The zero-order valence-corrected chi connectivity index (χ0v) is 6.77. The lowest BCUT2D eigenvalue weighted by atomic mass is 10.2. The van der Waals surface area contributed by atoms with Crippen LogP contribution in [0.2, 0.25) is 0 Å². The molecule has 0 bridgehead atoms. The standard InChI is InChI=1S/C10H16/c1-3-5-7-9-10-8-6-4-2/h5-6,8H,1,4,7,9-10H2,2H3/b8-6+. The Bertz CT molecular complexity index is 125. The zero-order chi connectivity index (χ0) is 7.66. The van der Waals surface area contributed by atoms with Crippen LogP contribution in [0.5, 0.6) is 0 Å². The molecule has 0 aliphatic carbocycles. The average Bonchev–Trinajstić information content (AvgIpc) is 1.97. The molecule has 0 N–H and O–H groups in total. The topological polar surface area (TPSA) is 0 Å². The Kier molecular flexibility index (Phi) is 7.65. The van der Waals surface area contributed by atoms with Crippen molar-refractivity contribution in [3.05, 3.63) is 30.5 Å². The molecule has 10 heavy (non-hydrogen) atoms. The number of rotatable bonds is 5. The van der Waals surface area contributed by atoms with Crippen molar-refractivity contribution < 1.29 is 0 Å². The van der Waals surface area contributed by atoms with E-state index in [1.165, 1.54) is 12.8 Å². The Balaban J connectivity index is 3.04. The smallest absolute Gasteiger partial charge is 0.0272 e. The van der Waals surface area contributed by atoms with Crippen LogP contribution >= 0.6 is 0 Å². The third-order valence-electron chi connectivity index (χ3n) is 1.27. The highest BCUT2D eigenvalue weighted by Crippen LogP contribution is 1.97. The average molecular weight is 136 g/mol.